The topological polar surface area (TPSA) is 43.8 Å². The number of aliphatic carboxylic acids is 1. The van der Waals surface area contributed by atoms with Crippen LogP contribution in [0.1, 0.15) is 26.7 Å². The van der Waals surface area contributed by atoms with Gasteiger partial charge in [0, 0.05) is 19.1 Å². The zero-order chi connectivity index (χ0) is 11.8. The van der Waals surface area contributed by atoms with E-state index in [1.807, 2.05) is 0 Å². The lowest BCUT2D eigenvalue weighted by molar-refractivity contribution is -0.138. The number of nitrogens with zero attached hydrogens (tertiary/aromatic N) is 2. The van der Waals surface area contributed by atoms with Gasteiger partial charge in [-0.25, -0.2) is 0 Å². The van der Waals surface area contributed by atoms with Gasteiger partial charge < -0.3 is 10.0 Å². The van der Waals surface area contributed by atoms with Crippen molar-refractivity contribution in [3.63, 3.8) is 0 Å². The van der Waals surface area contributed by atoms with E-state index in [9.17, 15) is 4.79 Å². The summed E-state index contributed by atoms with van der Waals surface area (Å²) in [6.07, 6.45) is 2.41. The van der Waals surface area contributed by atoms with Crippen LogP contribution < -0.4 is 0 Å². The predicted octanol–water partition coefficient (Wildman–Crippen LogP) is 0.877. The van der Waals surface area contributed by atoms with Crippen molar-refractivity contribution in [3.8, 4) is 0 Å². The van der Waals surface area contributed by atoms with E-state index in [0.717, 1.165) is 19.6 Å². The highest BCUT2D eigenvalue weighted by Gasteiger charge is 2.43. The van der Waals surface area contributed by atoms with Crippen molar-refractivity contribution in [1.82, 2.24) is 9.80 Å². The van der Waals surface area contributed by atoms with E-state index in [0.29, 0.717) is 11.5 Å². The van der Waals surface area contributed by atoms with Gasteiger partial charge >= 0.3 is 5.97 Å². The van der Waals surface area contributed by atoms with Crippen LogP contribution in [0.4, 0.5) is 0 Å². The number of rotatable bonds is 3. The summed E-state index contributed by atoms with van der Waals surface area (Å²) >= 11 is 0. The first-order chi connectivity index (χ1) is 7.51. The Balaban J connectivity index is 1.90. The van der Waals surface area contributed by atoms with Crippen molar-refractivity contribution in [1.29, 1.82) is 0 Å². The smallest absolute Gasteiger partial charge is 0.317 e. The van der Waals surface area contributed by atoms with Crippen LogP contribution >= 0.6 is 0 Å². The van der Waals surface area contributed by atoms with E-state index >= 15 is 0 Å². The first kappa shape index (κ1) is 11.9. The Morgan fingerprint density at radius 1 is 1.31 bits per heavy atom. The maximum atomic E-state index is 10.7. The number of hydrogen-bond donors (Lipinski definition) is 1. The number of carboxylic acids is 1. The van der Waals surface area contributed by atoms with Crippen LogP contribution in [0, 0.1) is 5.41 Å². The molecule has 0 radical (unpaired) electrons. The molecule has 1 unspecified atom stereocenters. The second-order valence-electron chi connectivity index (χ2n) is 5.67. The Kier molecular flexibility index (Phi) is 3.22. The average Bonchev–Trinajstić information content (AvgIpc) is 2.74. The summed E-state index contributed by atoms with van der Waals surface area (Å²) in [5.41, 5.74) is 0.389. The van der Waals surface area contributed by atoms with E-state index in [-0.39, 0.29) is 6.54 Å². The van der Waals surface area contributed by atoms with E-state index < -0.39 is 5.97 Å². The fourth-order valence-corrected chi connectivity index (χ4v) is 3.10. The quantitative estimate of drug-likeness (QED) is 0.776. The largest absolute Gasteiger partial charge is 0.480 e. The highest BCUT2D eigenvalue weighted by atomic mass is 16.4. The van der Waals surface area contributed by atoms with Crippen molar-refractivity contribution in [3.05, 3.63) is 0 Å². The number of carbonyl (C=O) groups is 1. The lowest BCUT2D eigenvalue weighted by Crippen LogP contribution is -2.35. The van der Waals surface area contributed by atoms with Gasteiger partial charge in [0.15, 0.2) is 0 Å². The van der Waals surface area contributed by atoms with Crippen molar-refractivity contribution >= 4 is 5.97 Å². The molecule has 2 rings (SSSR count). The van der Waals surface area contributed by atoms with Crippen LogP contribution in [0.2, 0.25) is 0 Å². The average molecular weight is 226 g/mol. The molecule has 0 aromatic rings. The minimum absolute atomic E-state index is 0.212. The molecule has 0 aromatic carbocycles. The third kappa shape index (κ3) is 2.38. The minimum atomic E-state index is -0.698. The Morgan fingerprint density at radius 2 is 2.00 bits per heavy atom. The maximum absolute atomic E-state index is 10.7. The van der Waals surface area contributed by atoms with Gasteiger partial charge in [0.05, 0.1) is 6.54 Å². The van der Waals surface area contributed by atoms with Crippen molar-refractivity contribution in [2.75, 3.05) is 32.7 Å². The van der Waals surface area contributed by atoms with E-state index in [2.05, 4.69) is 23.6 Å². The normalized spacial score (nSPS) is 31.9. The second kappa shape index (κ2) is 4.34. The molecule has 92 valence electrons. The lowest BCUT2D eigenvalue weighted by atomic mass is 9.86. The molecule has 1 N–H and O–H groups in total. The third-order valence-corrected chi connectivity index (χ3v) is 4.07. The maximum Gasteiger partial charge on any atom is 0.317 e. The van der Waals surface area contributed by atoms with Crippen molar-refractivity contribution in [2.45, 2.75) is 32.7 Å². The number of carboxylic acid groups (broad SMARTS) is 1. The minimum Gasteiger partial charge on any atom is -0.480 e. The molecule has 16 heavy (non-hydrogen) atoms. The van der Waals surface area contributed by atoms with Gasteiger partial charge in [-0.3, -0.25) is 9.69 Å². The van der Waals surface area contributed by atoms with Gasteiger partial charge in [0.25, 0.3) is 0 Å². The molecule has 0 bridgehead atoms. The highest BCUT2D eigenvalue weighted by Crippen LogP contribution is 2.39. The number of hydrogen-bond acceptors (Lipinski definition) is 3. The Hall–Kier alpha value is -0.610. The Morgan fingerprint density at radius 3 is 2.56 bits per heavy atom. The molecule has 2 aliphatic rings. The summed E-state index contributed by atoms with van der Waals surface area (Å²) in [6, 6.07) is 0.618. The van der Waals surface area contributed by atoms with Crippen LogP contribution in [-0.4, -0.2) is 59.6 Å². The molecule has 2 aliphatic heterocycles. The summed E-state index contributed by atoms with van der Waals surface area (Å²) in [6.45, 7) is 8.95. The number of likely N-dealkylation sites (tertiary alicyclic amines) is 2. The summed E-state index contributed by atoms with van der Waals surface area (Å²) in [5, 5.41) is 8.79. The van der Waals surface area contributed by atoms with Gasteiger partial charge in [-0.05, 0) is 45.2 Å². The van der Waals surface area contributed by atoms with Crippen LogP contribution in [0.3, 0.4) is 0 Å². The fraction of sp³-hybridized carbons (Fsp3) is 0.917. The third-order valence-electron chi connectivity index (χ3n) is 4.07. The zero-order valence-electron chi connectivity index (χ0n) is 10.3. The van der Waals surface area contributed by atoms with E-state index in [4.69, 9.17) is 5.11 Å². The predicted molar refractivity (Wildman–Crippen MR) is 62.5 cm³/mol. The molecule has 0 amide bonds. The summed E-state index contributed by atoms with van der Waals surface area (Å²) in [5.74, 6) is -0.698. The molecule has 0 aromatic heterocycles. The highest BCUT2D eigenvalue weighted by molar-refractivity contribution is 5.69. The van der Waals surface area contributed by atoms with Crippen LogP contribution in [0.5, 0.6) is 0 Å². The summed E-state index contributed by atoms with van der Waals surface area (Å²) < 4.78 is 0. The summed E-state index contributed by atoms with van der Waals surface area (Å²) in [4.78, 5) is 15.3. The van der Waals surface area contributed by atoms with Crippen molar-refractivity contribution < 1.29 is 9.90 Å². The fourth-order valence-electron chi connectivity index (χ4n) is 3.10. The first-order valence-corrected chi connectivity index (χ1v) is 6.19. The first-order valence-electron chi connectivity index (χ1n) is 6.19. The molecule has 2 fully saturated rings. The van der Waals surface area contributed by atoms with Gasteiger partial charge in [-0.15, -0.1) is 0 Å². The van der Waals surface area contributed by atoms with E-state index in [1.54, 1.807) is 0 Å². The Labute approximate surface area is 97.2 Å². The molecule has 4 heteroatoms. The standard InChI is InChI=1S/C12H22N2O2/c1-10(2)14-6-4-12(9-14)3-5-13(8-12)7-11(15)16/h10H,3-9H2,1-2H3,(H,15,16). The molecular weight excluding hydrogens is 204 g/mol. The lowest BCUT2D eigenvalue weighted by Gasteiger charge is -2.26. The van der Waals surface area contributed by atoms with Gasteiger partial charge in [0.1, 0.15) is 0 Å². The monoisotopic (exact) mass is 226 g/mol. The van der Waals surface area contributed by atoms with Crippen molar-refractivity contribution in [2.24, 2.45) is 5.41 Å². The van der Waals surface area contributed by atoms with Gasteiger partial charge in [0.2, 0.25) is 0 Å². The van der Waals surface area contributed by atoms with Crippen LogP contribution in [0.15, 0.2) is 0 Å². The Bertz CT molecular complexity index is 280. The van der Waals surface area contributed by atoms with Gasteiger partial charge in [-0.1, -0.05) is 0 Å². The summed E-state index contributed by atoms with van der Waals surface area (Å²) in [7, 11) is 0. The molecule has 2 saturated heterocycles. The molecule has 1 spiro atoms. The zero-order valence-corrected chi connectivity index (χ0v) is 10.3. The molecule has 2 heterocycles. The molecule has 1 atom stereocenters. The molecular formula is C12H22N2O2. The van der Waals surface area contributed by atoms with Crippen LogP contribution in [0.25, 0.3) is 0 Å². The second-order valence-corrected chi connectivity index (χ2v) is 5.67. The molecule has 4 nitrogen and oxygen atoms in total. The molecule has 0 saturated carbocycles. The molecule has 0 aliphatic carbocycles. The van der Waals surface area contributed by atoms with Crippen LogP contribution in [-0.2, 0) is 4.79 Å². The SMILES string of the molecule is CC(C)N1CCC2(CCN(CC(=O)O)C2)C1. The van der Waals surface area contributed by atoms with E-state index in [1.165, 1.54) is 19.4 Å². The van der Waals surface area contributed by atoms with Gasteiger partial charge in [-0.2, -0.15) is 0 Å².